The lowest BCUT2D eigenvalue weighted by Crippen LogP contribution is -2.22. The van der Waals surface area contributed by atoms with Gasteiger partial charge in [-0.1, -0.05) is 5.16 Å². The van der Waals surface area contributed by atoms with Crippen molar-refractivity contribution in [2.45, 2.75) is 39.8 Å². The first-order valence-corrected chi connectivity index (χ1v) is 9.53. The molecular weight excluding hydrogens is 359 g/mol. The molecule has 0 aliphatic carbocycles. The molecule has 3 heterocycles. The zero-order chi connectivity index (χ0) is 19.8. The monoisotopic (exact) mass is 384 g/mol. The SMILES string of the molecule is Cc1cc(CC2CN(Cc3cc(F)ccc3-n3nc(C)cc3C)CC2O)on1. The quantitative estimate of drug-likeness (QED) is 0.733. The third kappa shape index (κ3) is 3.86. The van der Waals surface area contributed by atoms with Gasteiger partial charge in [-0.2, -0.15) is 5.10 Å². The van der Waals surface area contributed by atoms with Gasteiger partial charge >= 0.3 is 0 Å². The predicted molar refractivity (Wildman–Crippen MR) is 103 cm³/mol. The highest BCUT2D eigenvalue weighted by Crippen LogP contribution is 2.26. The first-order chi connectivity index (χ1) is 13.4. The van der Waals surface area contributed by atoms with Crippen molar-refractivity contribution >= 4 is 0 Å². The Morgan fingerprint density at radius 3 is 2.64 bits per heavy atom. The van der Waals surface area contributed by atoms with Gasteiger partial charge in [0.15, 0.2) is 0 Å². The summed E-state index contributed by atoms with van der Waals surface area (Å²) in [5.74, 6) is 0.587. The second-order valence-electron chi connectivity index (χ2n) is 7.77. The van der Waals surface area contributed by atoms with E-state index in [1.165, 1.54) is 6.07 Å². The Balaban J connectivity index is 1.53. The van der Waals surface area contributed by atoms with Crippen molar-refractivity contribution in [3.63, 3.8) is 0 Å². The summed E-state index contributed by atoms with van der Waals surface area (Å²) in [5.41, 5.74) is 4.50. The molecule has 1 aromatic carbocycles. The minimum Gasteiger partial charge on any atom is -0.391 e. The zero-order valence-electron chi connectivity index (χ0n) is 16.4. The van der Waals surface area contributed by atoms with Crippen molar-refractivity contribution in [1.29, 1.82) is 0 Å². The average Bonchev–Trinajstić information content (AvgIpc) is 3.28. The fourth-order valence-corrected chi connectivity index (χ4v) is 4.04. The van der Waals surface area contributed by atoms with Crippen LogP contribution in [0.15, 0.2) is 34.9 Å². The summed E-state index contributed by atoms with van der Waals surface area (Å²) in [6.45, 7) is 7.63. The van der Waals surface area contributed by atoms with Crippen LogP contribution in [0, 0.1) is 32.5 Å². The minimum absolute atomic E-state index is 0.0676. The first kappa shape index (κ1) is 18.8. The predicted octanol–water partition coefficient (Wildman–Crippen LogP) is 2.96. The molecule has 4 rings (SSSR count). The van der Waals surface area contributed by atoms with Gasteiger partial charge in [0, 0.05) is 43.7 Å². The van der Waals surface area contributed by atoms with Crippen LogP contribution < -0.4 is 0 Å². The van der Waals surface area contributed by atoms with Crippen LogP contribution in [0.5, 0.6) is 0 Å². The number of aliphatic hydroxyl groups excluding tert-OH is 1. The average molecular weight is 384 g/mol. The van der Waals surface area contributed by atoms with Crippen LogP contribution in [0.4, 0.5) is 4.39 Å². The van der Waals surface area contributed by atoms with Gasteiger partial charge in [0.25, 0.3) is 0 Å². The molecule has 0 saturated carbocycles. The van der Waals surface area contributed by atoms with Crippen LogP contribution >= 0.6 is 0 Å². The Bertz CT molecular complexity index is 981. The normalized spacial score (nSPS) is 20.2. The second-order valence-corrected chi connectivity index (χ2v) is 7.77. The Hall–Kier alpha value is -2.51. The van der Waals surface area contributed by atoms with Gasteiger partial charge in [0.1, 0.15) is 11.6 Å². The molecule has 28 heavy (non-hydrogen) atoms. The number of hydrogen-bond acceptors (Lipinski definition) is 5. The topological polar surface area (TPSA) is 67.3 Å². The van der Waals surface area contributed by atoms with Gasteiger partial charge < -0.3 is 9.63 Å². The van der Waals surface area contributed by atoms with Gasteiger partial charge in [0.05, 0.1) is 23.2 Å². The number of hydrogen-bond donors (Lipinski definition) is 1. The van der Waals surface area contributed by atoms with E-state index in [0.29, 0.717) is 26.1 Å². The molecule has 1 N–H and O–H groups in total. The van der Waals surface area contributed by atoms with Gasteiger partial charge in [-0.25, -0.2) is 9.07 Å². The molecule has 1 aliphatic rings. The molecule has 0 bridgehead atoms. The first-order valence-electron chi connectivity index (χ1n) is 9.53. The van der Waals surface area contributed by atoms with E-state index in [1.54, 1.807) is 12.1 Å². The minimum atomic E-state index is -0.448. The lowest BCUT2D eigenvalue weighted by Gasteiger charge is -2.19. The number of likely N-dealkylation sites (tertiary alicyclic amines) is 1. The third-order valence-corrected chi connectivity index (χ3v) is 5.30. The van der Waals surface area contributed by atoms with E-state index in [-0.39, 0.29) is 11.7 Å². The lowest BCUT2D eigenvalue weighted by molar-refractivity contribution is 0.137. The number of aryl methyl sites for hydroxylation is 3. The molecule has 2 unspecified atom stereocenters. The van der Waals surface area contributed by atoms with E-state index in [9.17, 15) is 9.50 Å². The largest absolute Gasteiger partial charge is 0.391 e. The number of aromatic nitrogens is 3. The molecule has 0 spiro atoms. The summed E-state index contributed by atoms with van der Waals surface area (Å²) in [5, 5.41) is 19.0. The molecule has 2 aromatic heterocycles. The highest BCUT2D eigenvalue weighted by atomic mass is 19.1. The van der Waals surface area contributed by atoms with Crippen molar-refractivity contribution in [2.24, 2.45) is 5.92 Å². The molecule has 1 fully saturated rings. The maximum absolute atomic E-state index is 14.0. The fraction of sp³-hybridized carbons (Fsp3) is 0.429. The van der Waals surface area contributed by atoms with Crippen molar-refractivity contribution < 1.29 is 14.0 Å². The Labute approximate surface area is 163 Å². The van der Waals surface area contributed by atoms with Gasteiger partial charge in [-0.15, -0.1) is 0 Å². The molecule has 1 saturated heterocycles. The maximum Gasteiger partial charge on any atom is 0.137 e. The summed E-state index contributed by atoms with van der Waals surface area (Å²) in [6.07, 6.45) is 0.197. The van der Waals surface area contributed by atoms with E-state index in [1.807, 2.05) is 37.6 Å². The van der Waals surface area contributed by atoms with Crippen LogP contribution in [0.1, 0.15) is 28.4 Å². The van der Waals surface area contributed by atoms with Gasteiger partial charge in [-0.3, -0.25) is 4.90 Å². The number of β-amino-alcohol motifs (C(OH)–C–C–N with tert-alkyl or cyclic N) is 1. The highest BCUT2D eigenvalue weighted by molar-refractivity contribution is 5.42. The van der Waals surface area contributed by atoms with E-state index < -0.39 is 6.10 Å². The molecule has 0 radical (unpaired) electrons. The molecule has 6 nitrogen and oxygen atoms in total. The number of nitrogens with zero attached hydrogens (tertiary/aromatic N) is 4. The van der Waals surface area contributed by atoms with Crippen LogP contribution in [0.3, 0.4) is 0 Å². The third-order valence-electron chi connectivity index (χ3n) is 5.30. The fourth-order valence-electron chi connectivity index (χ4n) is 4.04. The Morgan fingerprint density at radius 1 is 1.14 bits per heavy atom. The van der Waals surface area contributed by atoms with Crippen LogP contribution in [-0.4, -0.2) is 44.1 Å². The standard InChI is InChI=1S/C21H25FN4O2/c1-13-6-15(3)26(23-13)20-5-4-18(22)8-16(20)10-25-11-17(21(27)12-25)9-19-7-14(2)24-28-19/h4-8,17,21,27H,9-12H2,1-3H3. The summed E-state index contributed by atoms with van der Waals surface area (Å²) in [6, 6.07) is 8.70. The summed E-state index contributed by atoms with van der Waals surface area (Å²) in [7, 11) is 0. The van der Waals surface area contributed by atoms with Crippen molar-refractivity contribution in [3.8, 4) is 5.69 Å². The van der Waals surface area contributed by atoms with Gasteiger partial charge in [0.2, 0.25) is 0 Å². The number of benzene rings is 1. The molecule has 0 amide bonds. The molecule has 148 valence electrons. The maximum atomic E-state index is 14.0. The van der Waals surface area contributed by atoms with Crippen molar-refractivity contribution in [1.82, 2.24) is 19.8 Å². The zero-order valence-corrected chi connectivity index (χ0v) is 16.4. The highest BCUT2D eigenvalue weighted by Gasteiger charge is 2.32. The summed E-state index contributed by atoms with van der Waals surface area (Å²) in [4.78, 5) is 2.16. The Kier molecular flexibility index (Phi) is 5.03. The summed E-state index contributed by atoms with van der Waals surface area (Å²) < 4.78 is 21.1. The number of halogens is 1. The Morgan fingerprint density at radius 2 is 1.96 bits per heavy atom. The van der Waals surface area contributed by atoms with E-state index in [4.69, 9.17) is 4.52 Å². The molecular formula is C21H25FN4O2. The van der Waals surface area contributed by atoms with Gasteiger partial charge in [-0.05, 0) is 50.6 Å². The number of rotatable bonds is 5. The second kappa shape index (κ2) is 7.48. The van der Waals surface area contributed by atoms with Crippen molar-refractivity contribution in [3.05, 3.63) is 64.6 Å². The lowest BCUT2D eigenvalue weighted by atomic mass is 10.0. The molecule has 2 atom stereocenters. The molecule has 3 aromatic rings. The van der Waals surface area contributed by atoms with Crippen molar-refractivity contribution in [2.75, 3.05) is 13.1 Å². The van der Waals surface area contributed by atoms with E-state index in [0.717, 1.165) is 34.1 Å². The molecule has 1 aliphatic heterocycles. The molecule has 7 heteroatoms. The van der Waals surface area contributed by atoms with E-state index in [2.05, 4.69) is 15.2 Å². The van der Waals surface area contributed by atoms with Crippen LogP contribution in [0.2, 0.25) is 0 Å². The smallest absolute Gasteiger partial charge is 0.137 e. The van der Waals surface area contributed by atoms with Crippen LogP contribution in [0.25, 0.3) is 5.69 Å². The van der Waals surface area contributed by atoms with Crippen LogP contribution in [-0.2, 0) is 13.0 Å². The van der Waals surface area contributed by atoms with E-state index >= 15 is 0 Å². The number of aliphatic hydroxyl groups is 1. The summed E-state index contributed by atoms with van der Waals surface area (Å²) >= 11 is 0.